The Kier molecular flexibility index (Phi) is 7.38. The molecular weight excluding hydrogens is 276 g/mol. The van der Waals surface area contributed by atoms with Crippen molar-refractivity contribution in [3.8, 4) is 6.01 Å². The molecule has 1 heterocycles. The van der Waals surface area contributed by atoms with E-state index in [1.807, 2.05) is 30.6 Å². The normalized spacial score (nSPS) is 12.1. The first-order chi connectivity index (χ1) is 9.62. The third kappa shape index (κ3) is 5.01. The Bertz CT molecular complexity index is 406. The third-order valence-electron chi connectivity index (χ3n) is 2.88. The van der Waals surface area contributed by atoms with E-state index >= 15 is 0 Å². The largest absolute Gasteiger partial charge is 0.463 e. The van der Waals surface area contributed by atoms with Crippen LogP contribution in [0.25, 0.3) is 0 Å². The molecule has 1 rings (SSSR count). The minimum atomic E-state index is 0.300. The van der Waals surface area contributed by atoms with Gasteiger partial charge in [-0.3, -0.25) is 5.43 Å². The van der Waals surface area contributed by atoms with Gasteiger partial charge in [0.1, 0.15) is 0 Å². The highest BCUT2D eigenvalue weighted by atomic mass is 32.2. The van der Waals surface area contributed by atoms with Crippen molar-refractivity contribution in [3.05, 3.63) is 0 Å². The maximum absolute atomic E-state index is 5.46. The van der Waals surface area contributed by atoms with Gasteiger partial charge in [-0.15, -0.1) is 0 Å². The molecule has 1 atom stereocenters. The second-order valence-electron chi connectivity index (χ2n) is 4.48. The van der Waals surface area contributed by atoms with Crippen molar-refractivity contribution >= 4 is 23.7 Å². The Morgan fingerprint density at radius 3 is 2.75 bits per heavy atom. The van der Waals surface area contributed by atoms with Gasteiger partial charge in [-0.05, 0) is 31.8 Å². The van der Waals surface area contributed by atoms with Crippen molar-refractivity contribution < 1.29 is 4.74 Å². The van der Waals surface area contributed by atoms with Crippen LogP contribution in [0.2, 0.25) is 0 Å². The van der Waals surface area contributed by atoms with E-state index in [4.69, 9.17) is 10.6 Å². The van der Waals surface area contributed by atoms with Gasteiger partial charge in [0.25, 0.3) is 0 Å². The Labute approximate surface area is 124 Å². The third-order valence-corrected chi connectivity index (χ3v) is 3.53. The SMILES string of the molecule is CCCOc1nc(NN)nc(N(C)C(C)CCSC)n1. The molecule has 1 aromatic rings. The number of nitrogens with two attached hydrogens (primary N) is 1. The van der Waals surface area contributed by atoms with Gasteiger partial charge in [-0.1, -0.05) is 6.92 Å². The predicted octanol–water partition coefficient (Wildman–Crippen LogP) is 1.52. The predicted molar refractivity (Wildman–Crippen MR) is 84.3 cm³/mol. The molecule has 8 heteroatoms. The monoisotopic (exact) mass is 300 g/mol. The molecule has 0 saturated heterocycles. The van der Waals surface area contributed by atoms with Gasteiger partial charge in [-0.2, -0.15) is 26.7 Å². The zero-order chi connectivity index (χ0) is 15.0. The number of nitrogens with zero attached hydrogens (tertiary/aromatic N) is 4. The fourth-order valence-corrected chi connectivity index (χ4v) is 2.08. The molecule has 114 valence electrons. The molecule has 3 N–H and O–H groups in total. The Balaban J connectivity index is 2.85. The van der Waals surface area contributed by atoms with Crippen LogP contribution in [0.5, 0.6) is 6.01 Å². The van der Waals surface area contributed by atoms with E-state index < -0.39 is 0 Å². The molecule has 1 unspecified atom stereocenters. The van der Waals surface area contributed by atoms with Crippen LogP contribution in [0.4, 0.5) is 11.9 Å². The van der Waals surface area contributed by atoms with E-state index in [9.17, 15) is 0 Å². The molecule has 0 spiro atoms. The standard InChI is InChI=1S/C12H24N6OS/c1-5-7-19-12-15-10(17-13)14-11(16-12)18(3)9(2)6-8-20-4/h9H,5-8,13H2,1-4H3,(H,14,15,16,17). The van der Waals surface area contributed by atoms with E-state index in [2.05, 4.69) is 33.6 Å². The van der Waals surface area contributed by atoms with Gasteiger partial charge >= 0.3 is 6.01 Å². The number of rotatable bonds is 9. The quantitative estimate of drug-likeness (QED) is 0.524. The lowest BCUT2D eigenvalue weighted by Crippen LogP contribution is -2.31. The van der Waals surface area contributed by atoms with Crippen LogP contribution in [-0.2, 0) is 0 Å². The molecule has 0 fully saturated rings. The summed E-state index contributed by atoms with van der Waals surface area (Å²) in [5.41, 5.74) is 2.45. The van der Waals surface area contributed by atoms with Crippen molar-refractivity contribution in [2.45, 2.75) is 32.7 Å². The van der Waals surface area contributed by atoms with Crippen LogP contribution in [0.3, 0.4) is 0 Å². The van der Waals surface area contributed by atoms with E-state index in [1.54, 1.807) is 0 Å². The number of nitrogens with one attached hydrogen (secondary N) is 1. The van der Waals surface area contributed by atoms with Crippen LogP contribution >= 0.6 is 11.8 Å². The Morgan fingerprint density at radius 1 is 1.40 bits per heavy atom. The fourth-order valence-electron chi connectivity index (χ4n) is 1.51. The van der Waals surface area contributed by atoms with Crippen LogP contribution in [0, 0.1) is 0 Å². The zero-order valence-corrected chi connectivity index (χ0v) is 13.4. The first kappa shape index (κ1) is 16.8. The summed E-state index contributed by atoms with van der Waals surface area (Å²) in [6.07, 6.45) is 4.05. The highest BCUT2D eigenvalue weighted by Crippen LogP contribution is 2.17. The fraction of sp³-hybridized carbons (Fsp3) is 0.750. The summed E-state index contributed by atoms with van der Waals surface area (Å²) in [7, 11) is 1.96. The lowest BCUT2D eigenvalue weighted by atomic mass is 10.2. The number of thioether (sulfide) groups is 1. The molecule has 0 amide bonds. The molecule has 0 aliphatic heterocycles. The van der Waals surface area contributed by atoms with Crippen molar-refractivity contribution in [1.29, 1.82) is 0 Å². The molecule has 1 aromatic heterocycles. The van der Waals surface area contributed by atoms with Gasteiger partial charge in [0.2, 0.25) is 11.9 Å². The molecule has 0 aliphatic carbocycles. The summed E-state index contributed by atoms with van der Waals surface area (Å²) in [5.74, 6) is 7.36. The molecule has 0 bridgehead atoms. The van der Waals surface area contributed by atoms with E-state index in [0.717, 1.165) is 18.6 Å². The van der Waals surface area contributed by atoms with Gasteiger partial charge in [0, 0.05) is 13.1 Å². The maximum Gasteiger partial charge on any atom is 0.323 e. The lowest BCUT2D eigenvalue weighted by molar-refractivity contribution is 0.291. The molecule has 7 nitrogen and oxygen atoms in total. The number of hydrogen-bond acceptors (Lipinski definition) is 8. The number of hydrogen-bond donors (Lipinski definition) is 2. The number of hydrazine groups is 1. The summed E-state index contributed by atoms with van der Waals surface area (Å²) in [6, 6.07) is 0.628. The maximum atomic E-state index is 5.46. The van der Waals surface area contributed by atoms with Gasteiger partial charge in [0.15, 0.2) is 0 Å². The van der Waals surface area contributed by atoms with Crippen molar-refractivity contribution in [2.75, 3.05) is 36.0 Å². The van der Waals surface area contributed by atoms with Crippen molar-refractivity contribution in [1.82, 2.24) is 15.0 Å². The van der Waals surface area contributed by atoms with Gasteiger partial charge in [-0.25, -0.2) is 5.84 Å². The summed E-state index contributed by atoms with van der Waals surface area (Å²) >= 11 is 1.83. The second-order valence-corrected chi connectivity index (χ2v) is 5.46. The van der Waals surface area contributed by atoms with Crippen molar-refractivity contribution in [2.24, 2.45) is 5.84 Å². The van der Waals surface area contributed by atoms with Gasteiger partial charge in [0.05, 0.1) is 6.61 Å². The minimum absolute atomic E-state index is 0.300. The summed E-state index contributed by atoms with van der Waals surface area (Å²) in [5, 5.41) is 0. The topological polar surface area (TPSA) is 89.2 Å². The van der Waals surface area contributed by atoms with Crippen LogP contribution in [0.15, 0.2) is 0 Å². The number of ether oxygens (including phenoxy) is 1. The number of nitrogen functional groups attached to an aromatic ring is 1. The molecule has 0 radical (unpaired) electrons. The minimum Gasteiger partial charge on any atom is -0.463 e. The molecule has 0 aromatic carbocycles. The van der Waals surface area contributed by atoms with E-state index in [0.29, 0.717) is 30.6 Å². The van der Waals surface area contributed by atoms with Crippen LogP contribution in [0.1, 0.15) is 26.7 Å². The molecule has 20 heavy (non-hydrogen) atoms. The zero-order valence-electron chi connectivity index (χ0n) is 12.6. The van der Waals surface area contributed by atoms with Gasteiger partial charge < -0.3 is 9.64 Å². The first-order valence-corrected chi connectivity index (χ1v) is 8.09. The highest BCUT2D eigenvalue weighted by Gasteiger charge is 2.15. The van der Waals surface area contributed by atoms with E-state index in [1.165, 1.54) is 0 Å². The average Bonchev–Trinajstić information content (AvgIpc) is 2.49. The van der Waals surface area contributed by atoms with E-state index in [-0.39, 0.29) is 0 Å². The Morgan fingerprint density at radius 2 is 2.15 bits per heavy atom. The molecule has 0 saturated carbocycles. The van der Waals surface area contributed by atoms with Crippen LogP contribution < -0.4 is 20.9 Å². The molecular formula is C12H24N6OS. The highest BCUT2D eigenvalue weighted by molar-refractivity contribution is 7.98. The Hall–Kier alpha value is -1.28. The van der Waals surface area contributed by atoms with Crippen LogP contribution in [-0.4, -0.2) is 46.7 Å². The summed E-state index contributed by atoms with van der Waals surface area (Å²) < 4.78 is 5.46. The summed E-state index contributed by atoms with van der Waals surface area (Å²) in [6.45, 7) is 4.74. The second kappa shape index (κ2) is 8.80. The smallest absolute Gasteiger partial charge is 0.323 e. The van der Waals surface area contributed by atoms with Crippen molar-refractivity contribution in [3.63, 3.8) is 0 Å². The summed E-state index contributed by atoms with van der Waals surface area (Å²) in [4.78, 5) is 14.7. The number of aromatic nitrogens is 3. The molecule has 0 aliphatic rings. The average molecular weight is 300 g/mol. The number of anilines is 2. The lowest BCUT2D eigenvalue weighted by Gasteiger charge is -2.25. The first-order valence-electron chi connectivity index (χ1n) is 6.69.